The second-order valence-electron chi connectivity index (χ2n) is 2.49. The van der Waals surface area contributed by atoms with E-state index in [0.717, 1.165) is 0 Å². The number of nitrogen functional groups attached to an aromatic ring is 1. The highest BCUT2D eigenvalue weighted by Crippen LogP contribution is 2.31. The number of phenols is 1. The van der Waals surface area contributed by atoms with Gasteiger partial charge in [0.15, 0.2) is 12.1 Å². The van der Waals surface area contributed by atoms with E-state index in [1.165, 1.54) is 6.33 Å². The van der Waals surface area contributed by atoms with Crippen LogP contribution in [0.1, 0.15) is 0 Å². The molecule has 0 spiro atoms. The lowest BCUT2D eigenvalue weighted by molar-refractivity contribution is 0.424. The van der Waals surface area contributed by atoms with Crippen molar-refractivity contribution >= 4 is 5.69 Å². The molecule has 2 aromatic rings. The molecule has 0 saturated heterocycles. The SMILES string of the molecule is Nc1cccc(-c2ncno2)c1O. The molecule has 3 N–H and O–H groups in total. The number of phenolic OH excluding ortho intramolecular Hbond substituents is 1. The molecule has 2 rings (SSSR count). The number of benzene rings is 1. The molecule has 0 unspecified atom stereocenters. The summed E-state index contributed by atoms with van der Waals surface area (Å²) in [7, 11) is 0. The topological polar surface area (TPSA) is 85.2 Å². The molecule has 1 aromatic carbocycles. The fraction of sp³-hybridized carbons (Fsp3) is 0. The van der Waals surface area contributed by atoms with Crippen LogP contribution in [0.25, 0.3) is 11.5 Å². The van der Waals surface area contributed by atoms with Gasteiger partial charge in [0.05, 0.1) is 11.3 Å². The minimum Gasteiger partial charge on any atom is -0.505 e. The molecule has 0 aliphatic rings. The molecular formula is C8H7N3O2. The van der Waals surface area contributed by atoms with Gasteiger partial charge in [-0.25, -0.2) is 0 Å². The molecule has 66 valence electrons. The maximum absolute atomic E-state index is 9.52. The first-order valence-electron chi connectivity index (χ1n) is 3.63. The van der Waals surface area contributed by atoms with E-state index in [2.05, 4.69) is 10.1 Å². The molecule has 0 aliphatic carbocycles. The highest BCUT2D eigenvalue weighted by atomic mass is 16.5. The van der Waals surface area contributed by atoms with E-state index < -0.39 is 0 Å². The number of para-hydroxylation sites is 1. The van der Waals surface area contributed by atoms with Gasteiger partial charge in [0.1, 0.15) is 0 Å². The Morgan fingerprint density at radius 3 is 2.92 bits per heavy atom. The standard InChI is InChI=1S/C8H7N3O2/c9-6-3-1-2-5(7(6)12)8-10-4-11-13-8/h1-4,12H,9H2. The molecular weight excluding hydrogens is 170 g/mol. The second-order valence-corrected chi connectivity index (χ2v) is 2.49. The van der Waals surface area contributed by atoms with Crippen molar-refractivity contribution in [1.29, 1.82) is 0 Å². The molecule has 5 heteroatoms. The van der Waals surface area contributed by atoms with Crippen molar-refractivity contribution in [3.05, 3.63) is 24.5 Å². The minimum absolute atomic E-state index is 0.0354. The fourth-order valence-corrected chi connectivity index (χ4v) is 1.03. The van der Waals surface area contributed by atoms with E-state index in [1.54, 1.807) is 18.2 Å². The van der Waals surface area contributed by atoms with Crippen molar-refractivity contribution < 1.29 is 9.63 Å². The number of aromatic hydroxyl groups is 1. The number of hydrogen-bond donors (Lipinski definition) is 2. The summed E-state index contributed by atoms with van der Waals surface area (Å²) >= 11 is 0. The van der Waals surface area contributed by atoms with Gasteiger partial charge in [-0.15, -0.1) is 0 Å². The summed E-state index contributed by atoms with van der Waals surface area (Å²) in [6.07, 6.45) is 1.26. The van der Waals surface area contributed by atoms with Crippen LogP contribution in [0.5, 0.6) is 5.75 Å². The third kappa shape index (κ3) is 1.20. The summed E-state index contributed by atoms with van der Waals surface area (Å²) in [5.41, 5.74) is 6.22. The van der Waals surface area contributed by atoms with Gasteiger partial charge in [-0.3, -0.25) is 0 Å². The summed E-state index contributed by atoms with van der Waals surface area (Å²) in [5.74, 6) is 0.219. The van der Waals surface area contributed by atoms with Crippen molar-refractivity contribution in [2.45, 2.75) is 0 Å². The minimum atomic E-state index is -0.0354. The van der Waals surface area contributed by atoms with Gasteiger partial charge in [-0.2, -0.15) is 4.98 Å². The Hall–Kier alpha value is -2.04. The molecule has 0 aliphatic heterocycles. The number of nitrogens with two attached hydrogens (primary N) is 1. The van der Waals surface area contributed by atoms with E-state index in [1.807, 2.05) is 0 Å². The molecule has 1 heterocycles. The first kappa shape index (κ1) is 7.60. The van der Waals surface area contributed by atoms with Gasteiger partial charge in [0, 0.05) is 0 Å². The maximum Gasteiger partial charge on any atom is 0.261 e. The van der Waals surface area contributed by atoms with Gasteiger partial charge in [-0.1, -0.05) is 11.2 Å². The van der Waals surface area contributed by atoms with Crippen molar-refractivity contribution in [3.63, 3.8) is 0 Å². The van der Waals surface area contributed by atoms with E-state index in [-0.39, 0.29) is 17.3 Å². The summed E-state index contributed by atoms with van der Waals surface area (Å²) < 4.78 is 4.78. The molecule has 0 fully saturated rings. The maximum atomic E-state index is 9.52. The van der Waals surface area contributed by atoms with Crippen LogP contribution in [-0.4, -0.2) is 15.2 Å². The van der Waals surface area contributed by atoms with Gasteiger partial charge in [0.25, 0.3) is 5.89 Å². The normalized spacial score (nSPS) is 10.2. The van der Waals surface area contributed by atoms with E-state index in [4.69, 9.17) is 10.3 Å². The zero-order chi connectivity index (χ0) is 9.26. The Morgan fingerprint density at radius 1 is 1.38 bits per heavy atom. The number of anilines is 1. The second kappa shape index (κ2) is 2.78. The number of aromatic nitrogens is 2. The van der Waals surface area contributed by atoms with Crippen LogP contribution in [0.15, 0.2) is 29.0 Å². The summed E-state index contributed by atoms with van der Waals surface area (Å²) in [6.45, 7) is 0. The Balaban J connectivity index is 2.59. The summed E-state index contributed by atoms with van der Waals surface area (Å²) in [6, 6.07) is 4.95. The average Bonchev–Trinajstić information content (AvgIpc) is 2.62. The third-order valence-electron chi connectivity index (χ3n) is 1.66. The van der Waals surface area contributed by atoms with Crippen molar-refractivity contribution in [3.8, 4) is 17.2 Å². The molecule has 1 aromatic heterocycles. The Bertz CT molecular complexity index is 411. The van der Waals surface area contributed by atoms with Crippen LogP contribution >= 0.6 is 0 Å². The first-order chi connectivity index (χ1) is 6.29. The lowest BCUT2D eigenvalue weighted by Crippen LogP contribution is -1.87. The molecule has 13 heavy (non-hydrogen) atoms. The van der Waals surface area contributed by atoms with Crippen molar-refractivity contribution in [1.82, 2.24) is 10.1 Å². The van der Waals surface area contributed by atoms with E-state index in [9.17, 15) is 5.11 Å². The molecule has 0 saturated carbocycles. The van der Waals surface area contributed by atoms with Crippen LogP contribution in [0.3, 0.4) is 0 Å². The largest absolute Gasteiger partial charge is 0.505 e. The molecule has 5 nitrogen and oxygen atoms in total. The fourth-order valence-electron chi connectivity index (χ4n) is 1.03. The van der Waals surface area contributed by atoms with Gasteiger partial charge < -0.3 is 15.4 Å². The quantitative estimate of drug-likeness (QED) is 0.501. The zero-order valence-electron chi connectivity index (χ0n) is 6.64. The van der Waals surface area contributed by atoms with Crippen LogP contribution in [0.2, 0.25) is 0 Å². The Labute approximate surface area is 73.8 Å². The summed E-state index contributed by atoms with van der Waals surface area (Å²) in [5, 5.41) is 12.9. The summed E-state index contributed by atoms with van der Waals surface area (Å²) in [4.78, 5) is 3.80. The van der Waals surface area contributed by atoms with Crippen molar-refractivity contribution in [2.75, 3.05) is 5.73 Å². The molecule has 0 atom stereocenters. The highest BCUT2D eigenvalue weighted by Gasteiger charge is 2.10. The molecule has 0 amide bonds. The monoisotopic (exact) mass is 177 g/mol. The van der Waals surface area contributed by atoms with E-state index in [0.29, 0.717) is 5.56 Å². The average molecular weight is 177 g/mol. The predicted molar refractivity (Wildman–Crippen MR) is 45.8 cm³/mol. The zero-order valence-corrected chi connectivity index (χ0v) is 6.64. The molecule has 0 bridgehead atoms. The van der Waals surface area contributed by atoms with Crippen LogP contribution in [0, 0.1) is 0 Å². The van der Waals surface area contributed by atoms with Gasteiger partial charge in [-0.05, 0) is 12.1 Å². The third-order valence-corrected chi connectivity index (χ3v) is 1.66. The highest BCUT2D eigenvalue weighted by molar-refractivity contribution is 5.71. The number of rotatable bonds is 1. The lowest BCUT2D eigenvalue weighted by atomic mass is 10.2. The Morgan fingerprint density at radius 2 is 2.23 bits per heavy atom. The smallest absolute Gasteiger partial charge is 0.261 e. The number of hydrogen-bond acceptors (Lipinski definition) is 5. The predicted octanol–water partition coefficient (Wildman–Crippen LogP) is 1.02. The number of nitrogens with zero attached hydrogens (tertiary/aromatic N) is 2. The lowest BCUT2D eigenvalue weighted by Gasteiger charge is -2.01. The van der Waals surface area contributed by atoms with Crippen molar-refractivity contribution in [2.24, 2.45) is 0 Å². The van der Waals surface area contributed by atoms with Crippen LogP contribution < -0.4 is 5.73 Å². The van der Waals surface area contributed by atoms with Crippen LogP contribution in [-0.2, 0) is 0 Å². The van der Waals surface area contributed by atoms with Crippen LogP contribution in [0.4, 0.5) is 5.69 Å². The van der Waals surface area contributed by atoms with Gasteiger partial charge in [0.2, 0.25) is 0 Å². The van der Waals surface area contributed by atoms with E-state index >= 15 is 0 Å². The molecule has 0 radical (unpaired) electrons. The first-order valence-corrected chi connectivity index (χ1v) is 3.63. The van der Waals surface area contributed by atoms with Gasteiger partial charge >= 0.3 is 0 Å². The Kier molecular flexibility index (Phi) is 1.63.